The second kappa shape index (κ2) is 7.48. The monoisotopic (exact) mass is 339 g/mol. The van der Waals surface area contributed by atoms with Crippen molar-refractivity contribution in [2.75, 3.05) is 20.3 Å². The van der Waals surface area contributed by atoms with E-state index in [9.17, 15) is 9.59 Å². The zero-order valence-corrected chi connectivity index (χ0v) is 13.6. The molecule has 7 nitrogen and oxygen atoms in total. The number of carbonyl (C=O) groups is 1. The van der Waals surface area contributed by atoms with Gasteiger partial charge in [0.05, 0.1) is 19.2 Å². The zero-order valence-electron chi connectivity index (χ0n) is 13.6. The second-order valence-corrected chi connectivity index (χ2v) is 5.22. The number of hydrogen-bond donors (Lipinski definition) is 2. The summed E-state index contributed by atoms with van der Waals surface area (Å²) in [5, 5.41) is 3.30. The molecule has 0 bridgehead atoms. The van der Waals surface area contributed by atoms with Gasteiger partial charge in [-0.1, -0.05) is 18.2 Å². The summed E-state index contributed by atoms with van der Waals surface area (Å²) in [5.41, 5.74) is 0.115. The minimum atomic E-state index is -0.557. The maximum absolute atomic E-state index is 12.3. The molecule has 0 unspecified atom stereocenters. The summed E-state index contributed by atoms with van der Waals surface area (Å²) in [6.45, 7) is 0.576. The minimum Gasteiger partial charge on any atom is -0.497 e. The predicted octanol–water partition coefficient (Wildman–Crippen LogP) is 1.74. The number of ether oxygens (including phenoxy) is 2. The topological polar surface area (TPSA) is 93.3 Å². The fourth-order valence-electron chi connectivity index (χ4n) is 2.37. The van der Waals surface area contributed by atoms with Crippen molar-refractivity contribution < 1.29 is 14.3 Å². The third kappa shape index (κ3) is 3.95. The van der Waals surface area contributed by atoms with Gasteiger partial charge in [-0.3, -0.25) is 4.79 Å². The van der Waals surface area contributed by atoms with Crippen LogP contribution in [0.4, 0.5) is 0 Å². The van der Waals surface area contributed by atoms with Crippen molar-refractivity contribution in [3.8, 4) is 11.5 Å². The van der Waals surface area contributed by atoms with Gasteiger partial charge in [0, 0.05) is 5.39 Å². The lowest BCUT2D eigenvalue weighted by Crippen LogP contribution is -2.30. The third-order valence-electron chi connectivity index (χ3n) is 3.57. The Bertz CT molecular complexity index is 935. The van der Waals surface area contributed by atoms with Crippen LogP contribution in [0.25, 0.3) is 10.9 Å². The molecular formula is C18H17N3O4. The Morgan fingerprint density at radius 2 is 1.84 bits per heavy atom. The number of nitrogens with zero attached hydrogens (tertiary/aromatic N) is 1. The number of hydrogen-bond acceptors (Lipinski definition) is 5. The Labute approximate surface area is 143 Å². The van der Waals surface area contributed by atoms with E-state index in [1.165, 1.54) is 0 Å². The number of benzene rings is 2. The first-order chi connectivity index (χ1) is 12.2. The molecule has 25 heavy (non-hydrogen) atoms. The van der Waals surface area contributed by atoms with Crippen molar-refractivity contribution in [2.45, 2.75) is 0 Å². The number of fused-ring (bicyclic) bond motifs is 1. The number of aromatic nitrogens is 2. The summed E-state index contributed by atoms with van der Waals surface area (Å²) in [6.07, 6.45) is 0. The summed E-state index contributed by atoms with van der Waals surface area (Å²) in [4.78, 5) is 30.3. The van der Waals surface area contributed by atoms with Crippen LogP contribution in [0.2, 0.25) is 0 Å². The molecule has 0 saturated carbocycles. The first-order valence-electron chi connectivity index (χ1n) is 7.71. The van der Waals surface area contributed by atoms with Gasteiger partial charge in [0.25, 0.3) is 5.91 Å². The predicted molar refractivity (Wildman–Crippen MR) is 93.2 cm³/mol. The fraction of sp³-hybridized carbons (Fsp3) is 0.167. The highest BCUT2D eigenvalue weighted by Crippen LogP contribution is 2.16. The number of para-hydroxylation sites is 1. The highest BCUT2D eigenvalue weighted by molar-refractivity contribution is 6.04. The second-order valence-electron chi connectivity index (χ2n) is 5.22. The summed E-state index contributed by atoms with van der Waals surface area (Å²) < 4.78 is 10.6. The summed E-state index contributed by atoms with van der Waals surface area (Å²) in [6, 6.07) is 14.2. The summed E-state index contributed by atoms with van der Waals surface area (Å²) in [7, 11) is 1.60. The van der Waals surface area contributed by atoms with Crippen LogP contribution >= 0.6 is 0 Å². The van der Waals surface area contributed by atoms with Crippen molar-refractivity contribution >= 4 is 16.8 Å². The lowest BCUT2D eigenvalue weighted by atomic mass is 10.2. The largest absolute Gasteiger partial charge is 0.497 e. The van der Waals surface area contributed by atoms with Crippen LogP contribution in [0, 0.1) is 0 Å². The van der Waals surface area contributed by atoms with E-state index in [-0.39, 0.29) is 12.2 Å². The Morgan fingerprint density at radius 1 is 1.12 bits per heavy atom. The van der Waals surface area contributed by atoms with Gasteiger partial charge in [-0.25, -0.2) is 4.79 Å². The standard InChI is InChI=1S/C18H17N3O4/c1-24-12-6-8-13(9-7-12)25-11-10-19-17(22)16-14-4-2-3-5-15(14)20-18(23)21-16/h2-9H,10-11H2,1H3,(H,19,22)(H,20,21,23). The van der Waals surface area contributed by atoms with Gasteiger partial charge in [0.1, 0.15) is 23.8 Å². The van der Waals surface area contributed by atoms with Crippen LogP contribution in [-0.2, 0) is 0 Å². The maximum Gasteiger partial charge on any atom is 0.346 e. The van der Waals surface area contributed by atoms with E-state index in [1.807, 2.05) is 0 Å². The lowest BCUT2D eigenvalue weighted by molar-refractivity contribution is 0.0943. The van der Waals surface area contributed by atoms with Crippen LogP contribution in [-0.4, -0.2) is 36.1 Å². The first-order valence-corrected chi connectivity index (χ1v) is 7.71. The number of H-pyrrole nitrogens is 1. The van der Waals surface area contributed by atoms with E-state index in [0.717, 1.165) is 5.75 Å². The van der Waals surface area contributed by atoms with E-state index < -0.39 is 11.6 Å². The molecule has 1 amide bonds. The number of rotatable bonds is 6. The van der Waals surface area contributed by atoms with Crippen LogP contribution in [0.15, 0.2) is 53.3 Å². The van der Waals surface area contributed by atoms with Crippen molar-refractivity contribution in [3.63, 3.8) is 0 Å². The highest BCUT2D eigenvalue weighted by atomic mass is 16.5. The third-order valence-corrected chi connectivity index (χ3v) is 3.57. The molecule has 3 aromatic rings. The van der Waals surface area contributed by atoms with Gasteiger partial charge in [0.2, 0.25) is 0 Å². The molecule has 0 atom stereocenters. The van der Waals surface area contributed by atoms with E-state index >= 15 is 0 Å². The molecule has 1 aromatic heterocycles. The molecule has 0 aliphatic heterocycles. The number of methoxy groups -OCH3 is 1. The molecule has 3 rings (SSSR count). The molecular weight excluding hydrogens is 322 g/mol. The van der Waals surface area contributed by atoms with Gasteiger partial charge in [-0.2, -0.15) is 4.98 Å². The van der Waals surface area contributed by atoms with Crippen LogP contribution in [0.3, 0.4) is 0 Å². The average molecular weight is 339 g/mol. The lowest BCUT2D eigenvalue weighted by Gasteiger charge is -2.09. The molecule has 0 aliphatic carbocycles. The van der Waals surface area contributed by atoms with Crippen molar-refractivity contribution in [1.82, 2.24) is 15.3 Å². The smallest absolute Gasteiger partial charge is 0.346 e. The van der Waals surface area contributed by atoms with E-state index in [2.05, 4.69) is 15.3 Å². The maximum atomic E-state index is 12.3. The molecule has 7 heteroatoms. The van der Waals surface area contributed by atoms with Crippen LogP contribution in [0.5, 0.6) is 11.5 Å². The zero-order chi connectivity index (χ0) is 17.6. The highest BCUT2D eigenvalue weighted by Gasteiger charge is 2.12. The summed E-state index contributed by atoms with van der Waals surface area (Å²) in [5.74, 6) is 1.00. The average Bonchev–Trinajstić information content (AvgIpc) is 2.64. The molecule has 0 fully saturated rings. The molecule has 0 aliphatic rings. The minimum absolute atomic E-state index is 0.101. The molecule has 0 radical (unpaired) electrons. The number of aromatic amines is 1. The van der Waals surface area contributed by atoms with E-state index in [1.54, 1.807) is 55.6 Å². The Kier molecular flexibility index (Phi) is 4.94. The van der Waals surface area contributed by atoms with Gasteiger partial charge >= 0.3 is 5.69 Å². The van der Waals surface area contributed by atoms with Gasteiger partial charge in [-0.15, -0.1) is 0 Å². The number of nitrogens with one attached hydrogen (secondary N) is 2. The van der Waals surface area contributed by atoms with Crippen LogP contribution in [0.1, 0.15) is 10.5 Å². The molecule has 0 spiro atoms. The van der Waals surface area contributed by atoms with Crippen molar-refractivity contribution in [1.29, 1.82) is 0 Å². The Balaban J connectivity index is 1.60. The van der Waals surface area contributed by atoms with Gasteiger partial charge in [-0.05, 0) is 30.3 Å². The van der Waals surface area contributed by atoms with Crippen molar-refractivity contribution in [3.05, 3.63) is 64.7 Å². The first kappa shape index (κ1) is 16.5. The van der Waals surface area contributed by atoms with Crippen molar-refractivity contribution in [2.24, 2.45) is 0 Å². The Morgan fingerprint density at radius 3 is 2.60 bits per heavy atom. The molecule has 2 N–H and O–H groups in total. The molecule has 128 valence electrons. The van der Waals surface area contributed by atoms with E-state index in [0.29, 0.717) is 23.3 Å². The van der Waals surface area contributed by atoms with Gasteiger partial charge < -0.3 is 19.8 Å². The van der Waals surface area contributed by atoms with Crippen LogP contribution < -0.4 is 20.5 Å². The van der Waals surface area contributed by atoms with Gasteiger partial charge in [0.15, 0.2) is 0 Å². The fourth-order valence-corrected chi connectivity index (χ4v) is 2.37. The summed E-state index contributed by atoms with van der Waals surface area (Å²) >= 11 is 0. The molecule has 1 heterocycles. The van der Waals surface area contributed by atoms with E-state index in [4.69, 9.17) is 9.47 Å². The molecule has 0 saturated heterocycles. The normalized spacial score (nSPS) is 10.4. The molecule has 2 aromatic carbocycles. The Hall–Kier alpha value is -3.35. The quantitative estimate of drug-likeness (QED) is 0.667. The number of amides is 1. The number of carbonyl (C=O) groups excluding carboxylic acids is 1. The SMILES string of the molecule is COc1ccc(OCCNC(=O)c2nc(=O)[nH]c3ccccc23)cc1.